The summed E-state index contributed by atoms with van der Waals surface area (Å²) in [5.41, 5.74) is 0. The third kappa shape index (κ3) is 5.93. The van der Waals surface area contributed by atoms with Crippen molar-refractivity contribution < 1.29 is 4.79 Å². The van der Waals surface area contributed by atoms with Gasteiger partial charge >= 0.3 is 0 Å². The third-order valence-corrected chi connectivity index (χ3v) is 2.31. The summed E-state index contributed by atoms with van der Waals surface area (Å²) in [7, 11) is 0. The second kappa shape index (κ2) is 5.50. The first-order valence-electron chi connectivity index (χ1n) is 4.86. The van der Waals surface area contributed by atoms with E-state index in [9.17, 15) is 4.79 Å². The molecule has 1 atom stereocenters. The van der Waals surface area contributed by atoms with Gasteiger partial charge in [0, 0.05) is 11.9 Å². The molecule has 3 nitrogen and oxygen atoms in total. The first-order valence-corrected chi connectivity index (χ1v) is 5.38. The maximum atomic E-state index is 11.1. The summed E-state index contributed by atoms with van der Waals surface area (Å²) in [4.78, 5) is 11.1. The first kappa shape index (κ1) is 10.9. The number of carbonyl (C=O) groups excluding carboxylic acids is 1. The van der Waals surface area contributed by atoms with Gasteiger partial charge < -0.3 is 5.32 Å². The van der Waals surface area contributed by atoms with Crippen molar-refractivity contribution >= 4 is 18.5 Å². The molecule has 0 aromatic carbocycles. The Labute approximate surface area is 85.1 Å². The normalized spacial score (nSPS) is 18.3. The van der Waals surface area contributed by atoms with E-state index in [0.29, 0.717) is 6.54 Å². The molecule has 0 spiro atoms. The number of rotatable bonds is 6. The first-order chi connectivity index (χ1) is 6.18. The fourth-order valence-corrected chi connectivity index (χ4v) is 1.22. The molecule has 0 aromatic rings. The van der Waals surface area contributed by atoms with Crippen molar-refractivity contribution in [2.75, 3.05) is 13.1 Å². The summed E-state index contributed by atoms with van der Waals surface area (Å²) in [5.74, 6) is 0.957. The number of nitrogens with one attached hydrogen (secondary N) is 2. The van der Waals surface area contributed by atoms with E-state index >= 15 is 0 Å². The summed E-state index contributed by atoms with van der Waals surface area (Å²) in [6.07, 6.45) is 3.84. The van der Waals surface area contributed by atoms with Crippen molar-refractivity contribution in [1.29, 1.82) is 0 Å². The lowest BCUT2D eigenvalue weighted by Gasteiger charge is -2.07. The zero-order valence-corrected chi connectivity index (χ0v) is 8.94. The van der Waals surface area contributed by atoms with E-state index < -0.39 is 0 Å². The van der Waals surface area contributed by atoms with E-state index in [2.05, 4.69) is 23.3 Å². The van der Waals surface area contributed by atoms with Gasteiger partial charge in [0.1, 0.15) is 0 Å². The van der Waals surface area contributed by atoms with Crippen LogP contribution in [-0.2, 0) is 4.79 Å². The van der Waals surface area contributed by atoms with Crippen LogP contribution in [0.4, 0.5) is 0 Å². The van der Waals surface area contributed by atoms with E-state index in [-0.39, 0.29) is 11.3 Å². The predicted octanol–water partition coefficient (Wildman–Crippen LogP) is 0.768. The Hall–Kier alpha value is -0.220. The van der Waals surface area contributed by atoms with Crippen LogP contribution in [0.1, 0.15) is 26.2 Å². The molecular weight excluding hydrogens is 184 g/mol. The zero-order chi connectivity index (χ0) is 9.68. The van der Waals surface area contributed by atoms with Gasteiger partial charge in [0.05, 0.1) is 6.54 Å². The zero-order valence-electron chi connectivity index (χ0n) is 8.05. The molecular formula is C9H18N2OS. The Morgan fingerprint density at radius 2 is 2.31 bits per heavy atom. The van der Waals surface area contributed by atoms with Gasteiger partial charge in [-0.15, -0.1) is 0 Å². The predicted molar refractivity (Wildman–Crippen MR) is 56.8 cm³/mol. The van der Waals surface area contributed by atoms with Gasteiger partial charge in [-0.05, 0) is 19.3 Å². The molecule has 1 unspecified atom stereocenters. The molecule has 0 aromatic heterocycles. The molecule has 13 heavy (non-hydrogen) atoms. The highest BCUT2D eigenvalue weighted by molar-refractivity contribution is 7.80. The van der Waals surface area contributed by atoms with Gasteiger partial charge in [-0.3, -0.25) is 10.1 Å². The molecule has 0 saturated heterocycles. The smallest absolute Gasteiger partial charge is 0.233 e. The summed E-state index contributed by atoms with van der Waals surface area (Å²) in [6, 6.07) is 0. The van der Waals surface area contributed by atoms with E-state index in [4.69, 9.17) is 0 Å². The van der Waals surface area contributed by atoms with Crippen molar-refractivity contribution in [1.82, 2.24) is 10.6 Å². The van der Waals surface area contributed by atoms with Crippen LogP contribution in [0.3, 0.4) is 0 Å². The van der Waals surface area contributed by atoms with Gasteiger partial charge in [-0.1, -0.05) is 12.8 Å². The number of carbonyl (C=O) groups is 1. The molecule has 1 rings (SSSR count). The van der Waals surface area contributed by atoms with Crippen LogP contribution in [0.25, 0.3) is 0 Å². The Balaban J connectivity index is 1.90. The molecule has 1 fully saturated rings. The average molecular weight is 202 g/mol. The number of amides is 1. The lowest BCUT2D eigenvalue weighted by molar-refractivity contribution is -0.120. The highest BCUT2D eigenvalue weighted by Gasteiger charge is 2.20. The van der Waals surface area contributed by atoms with Gasteiger partial charge in [-0.2, -0.15) is 12.6 Å². The van der Waals surface area contributed by atoms with Crippen LogP contribution in [0.5, 0.6) is 0 Å². The van der Waals surface area contributed by atoms with Crippen LogP contribution >= 0.6 is 12.6 Å². The Morgan fingerprint density at radius 1 is 1.62 bits per heavy atom. The Kier molecular flexibility index (Phi) is 4.59. The SMILES string of the molecule is CC(S)NCC(=O)NCCC1CC1. The second-order valence-electron chi connectivity index (χ2n) is 3.64. The van der Waals surface area contributed by atoms with Crippen LogP contribution in [0.15, 0.2) is 0 Å². The van der Waals surface area contributed by atoms with Crippen molar-refractivity contribution in [2.45, 2.75) is 31.6 Å². The molecule has 1 aliphatic carbocycles. The molecule has 0 radical (unpaired) electrons. The van der Waals surface area contributed by atoms with Gasteiger partial charge in [0.2, 0.25) is 5.91 Å². The molecule has 76 valence electrons. The minimum atomic E-state index is 0.0709. The van der Waals surface area contributed by atoms with E-state index in [1.807, 2.05) is 6.92 Å². The minimum absolute atomic E-state index is 0.0709. The quantitative estimate of drug-likeness (QED) is 0.440. The molecule has 1 saturated carbocycles. The summed E-state index contributed by atoms with van der Waals surface area (Å²) in [6.45, 7) is 3.10. The topological polar surface area (TPSA) is 41.1 Å². The summed E-state index contributed by atoms with van der Waals surface area (Å²) in [5, 5.41) is 5.90. The number of hydrogen-bond donors (Lipinski definition) is 3. The van der Waals surface area contributed by atoms with Crippen LogP contribution in [-0.4, -0.2) is 24.4 Å². The molecule has 4 heteroatoms. The van der Waals surface area contributed by atoms with Crippen molar-refractivity contribution in [3.8, 4) is 0 Å². The largest absolute Gasteiger partial charge is 0.355 e. The molecule has 1 aliphatic rings. The van der Waals surface area contributed by atoms with Crippen LogP contribution < -0.4 is 10.6 Å². The minimum Gasteiger partial charge on any atom is -0.355 e. The average Bonchev–Trinajstić information content (AvgIpc) is 2.84. The molecule has 1 amide bonds. The third-order valence-electron chi connectivity index (χ3n) is 2.13. The summed E-state index contributed by atoms with van der Waals surface area (Å²) < 4.78 is 0. The lowest BCUT2D eigenvalue weighted by Crippen LogP contribution is -2.36. The van der Waals surface area contributed by atoms with Gasteiger partial charge in [0.15, 0.2) is 0 Å². The van der Waals surface area contributed by atoms with Gasteiger partial charge in [-0.25, -0.2) is 0 Å². The fourth-order valence-electron chi connectivity index (χ4n) is 1.13. The Morgan fingerprint density at radius 3 is 2.85 bits per heavy atom. The van der Waals surface area contributed by atoms with Gasteiger partial charge in [0.25, 0.3) is 0 Å². The molecule has 0 bridgehead atoms. The highest BCUT2D eigenvalue weighted by Crippen LogP contribution is 2.31. The molecule has 2 N–H and O–H groups in total. The molecule has 0 aliphatic heterocycles. The van der Waals surface area contributed by atoms with Crippen molar-refractivity contribution in [3.63, 3.8) is 0 Å². The summed E-state index contributed by atoms with van der Waals surface area (Å²) >= 11 is 4.12. The van der Waals surface area contributed by atoms with Crippen molar-refractivity contribution in [3.05, 3.63) is 0 Å². The number of hydrogen-bond acceptors (Lipinski definition) is 3. The van der Waals surface area contributed by atoms with Crippen LogP contribution in [0.2, 0.25) is 0 Å². The second-order valence-corrected chi connectivity index (χ2v) is 4.41. The standard InChI is InChI=1S/C9H18N2OS/c1-7(13)11-6-9(12)10-5-4-8-2-3-8/h7-8,11,13H,2-6H2,1H3,(H,10,12). The van der Waals surface area contributed by atoms with E-state index in [1.54, 1.807) is 0 Å². The van der Waals surface area contributed by atoms with E-state index in [0.717, 1.165) is 18.9 Å². The molecule has 0 heterocycles. The maximum absolute atomic E-state index is 11.1. The van der Waals surface area contributed by atoms with Crippen LogP contribution in [0, 0.1) is 5.92 Å². The number of thiol groups is 1. The van der Waals surface area contributed by atoms with Crippen molar-refractivity contribution in [2.24, 2.45) is 5.92 Å². The van der Waals surface area contributed by atoms with E-state index in [1.165, 1.54) is 12.8 Å². The monoisotopic (exact) mass is 202 g/mol. The highest BCUT2D eigenvalue weighted by atomic mass is 32.1. The maximum Gasteiger partial charge on any atom is 0.233 e. The fraction of sp³-hybridized carbons (Fsp3) is 0.889. The Bertz CT molecular complexity index is 169. The lowest BCUT2D eigenvalue weighted by atomic mass is 10.3.